The average molecular weight is 333 g/mol. The third-order valence-electron chi connectivity index (χ3n) is 2.27. The van der Waals surface area contributed by atoms with Crippen LogP contribution >= 0.6 is 10.7 Å². The fourth-order valence-corrected chi connectivity index (χ4v) is 2.52. The number of halogens is 1. The third-order valence-corrected chi connectivity index (χ3v) is 3.61. The molecule has 1 aromatic carbocycles. The lowest BCUT2D eigenvalue weighted by Crippen LogP contribution is -2.22. The van der Waals surface area contributed by atoms with E-state index in [1.807, 2.05) is 0 Å². The summed E-state index contributed by atoms with van der Waals surface area (Å²) >= 11 is 0. The highest BCUT2D eigenvalue weighted by molar-refractivity contribution is 8.13. The average Bonchev–Trinajstić information content (AvgIpc) is 2.33. The van der Waals surface area contributed by atoms with Gasteiger partial charge in [-0.25, -0.2) is 13.2 Å². The van der Waals surface area contributed by atoms with E-state index in [-0.39, 0.29) is 10.6 Å². The Hall–Kier alpha value is -1.53. The molecule has 0 bridgehead atoms. The number of ether oxygens (including phenoxy) is 2. The largest absolute Gasteiger partial charge is 0.495 e. The first-order valence-corrected chi connectivity index (χ1v) is 8.37. The molecule has 0 amide bonds. The molecule has 0 aliphatic carbocycles. The summed E-state index contributed by atoms with van der Waals surface area (Å²) in [4.78, 5) is 11.4. The van der Waals surface area contributed by atoms with Crippen molar-refractivity contribution in [2.24, 2.45) is 0 Å². The molecule has 116 valence electrons. The first-order valence-electron chi connectivity index (χ1n) is 6.07. The van der Waals surface area contributed by atoms with E-state index in [1.54, 1.807) is 26.8 Å². The van der Waals surface area contributed by atoms with Gasteiger partial charge in [0.05, 0.1) is 7.11 Å². The van der Waals surface area contributed by atoms with Gasteiger partial charge < -0.3 is 9.47 Å². The summed E-state index contributed by atoms with van der Waals surface area (Å²) in [6.07, 6.45) is 2.66. The van der Waals surface area contributed by atoms with Crippen LogP contribution in [0, 0.1) is 0 Å². The van der Waals surface area contributed by atoms with Crippen LogP contribution in [0.5, 0.6) is 5.75 Å². The molecule has 1 rings (SSSR count). The van der Waals surface area contributed by atoms with Crippen molar-refractivity contribution in [1.82, 2.24) is 0 Å². The van der Waals surface area contributed by atoms with Gasteiger partial charge in [-0.3, -0.25) is 0 Å². The lowest BCUT2D eigenvalue weighted by Gasteiger charge is -2.17. The molecule has 0 radical (unpaired) electrons. The van der Waals surface area contributed by atoms with Crippen molar-refractivity contribution in [2.45, 2.75) is 31.3 Å². The molecule has 0 fully saturated rings. The Morgan fingerprint density at radius 1 is 1.29 bits per heavy atom. The monoisotopic (exact) mass is 332 g/mol. The Bertz CT molecular complexity index is 656. The number of carbonyl (C=O) groups excluding carboxylic acids is 1. The first-order chi connectivity index (χ1) is 9.53. The van der Waals surface area contributed by atoms with Gasteiger partial charge in [-0.15, -0.1) is 0 Å². The maximum atomic E-state index is 11.6. The molecular formula is C14H17ClO5S. The molecule has 0 heterocycles. The summed E-state index contributed by atoms with van der Waals surface area (Å²) in [6, 6.07) is 4.39. The molecule has 1 aromatic rings. The van der Waals surface area contributed by atoms with Crippen molar-refractivity contribution in [3.8, 4) is 5.75 Å². The summed E-state index contributed by atoms with van der Waals surface area (Å²) in [7, 11) is 2.75. The molecule has 0 aliphatic heterocycles. The lowest BCUT2D eigenvalue weighted by molar-refractivity contribution is -0.148. The molecular weight excluding hydrogens is 316 g/mol. The molecule has 0 aromatic heterocycles. The van der Waals surface area contributed by atoms with E-state index < -0.39 is 20.6 Å². The zero-order valence-corrected chi connectivity index (χ0v) is 13.8. The Morgan fingerprint density at radius 2 is 1.90 bits per heavy atom. The lowest BCUT2D eigenvalue weighted by atomic mass is 10.2. The normalized spacial score (nSPS) is 12.4. The number of esters is 1. The van der Waals surface area contributed by atoms with Gasteiger partial charge in [0.25, 0.3) is 9.05 Å². The predicted molar refractivity (Wildman–Crippen MR) is 80.9 cm³/mol. The van der Waals surface area contributed by atoms with E-state index in [0.717, 1.165) is 0 Å². The van der Waals surface area contributed by atoms with E-state index in [9.17, 15) is 13.2 Å². The fraction of sp³-hybridized carbons (Fsp3) is 0.357. The molecule has 0 N–H and O–H groups in total. The minimum atomic E-state index is -3.94. The van der Waals surface area contributed by atoms with Gasteiger partial charge in [0.1, 0.15) is 16.2 Å². The highest BCUT2D eigenvalue weighted by Gasteiger charge is 2.17. The molecule has 0 unspecified atom stereocenters. The van der Waals surface area contributed by atoms with E-state index >= 15 is 0 Å². The van der Waals surface area contributed by atoms with Crippen molar-refractivity contribution in [3.63, 3.8) is 0 Å². The number of hydrogen-bond donors (Lipinski definition) is 0. The van der Waals surface area contributed by atoms with Gasteiger partial charge in [-0.2, -0.15) is 0 Å². The second-order valence-electron chi connectivity index (χ2n) is 5.21. The van der Waals surface area contributed by atoms with Gasteiger partial charge in [0.15, 0.2) is 0 Å². The van der Waals surface area contributed by atoms with Crippen LogP contribution in [-0.2, 0) is 18.6 Å². The molecule has 0 saturated carbocycles. The highest BCUT2D eigenvalue weighted by atomic mass is 35.7. The quantitative estimate of drug-likeness (QED) is 0.481. The number of rotatable bonds is 4. The Balaban J connectivity index is 3.04. The molecule has 0 saturated heterocycles. The van der Waals surface area contributed by atoms with Gasteiger partial charge in [-0.05, 0) is 44.5 Å². The minimum Gasteiger partial charge on any atom is -0.495 e. The molecule has 21 heavy (non-hydrogen) atoms. The van der Waals surface area contributed by atoms with Crippen molar-refractivity contribution in [1.29, 1.82) is 0 Å². The van der Waals surface area contributed by atoms with Crippen LogP contribution in [0.1, 0.15) is 26.3 Å². The summed E-state index contributed by atoms with van der Waals surface area (Å²) in [5.41, 5.74) is -0.104. The van der Waals surface area contributed by atoms with Gasteiger partial charge >= 0.3 is 5.97 Å². The summed E-state index contributed by atoms with van der Waals surface area (Å²) < 4.78 is 33.0. The SMILES string of the molecule is COc1ccc(/C=C/C(=O)OC(C)(C)C)cc1S(=O)(=O)Cl. The maximum absolute atomic E-state index is 11.6. The highest BCUT2D eigenvalue weighted by Crippen LogP contribution is 2.28. The number of carbonyl (C=O) groups is 1. The Kier molecular flexibility index (Phi) is 5.42. The second kappa shape index (κ2) is 6.49. The van der Waals surface area contributed by atoms with Crippen molar-refractivity contribution in [2.75, 3.05) is 7.11 Å². The van der Waals surface area contributed by atoms with Crippen molar-refractivity contribution < 1.29 is 22.7 Å². The summed E-state index contributed by atoms with van der Waals surface area (Å²) in [5.74, 6) is -0.381. The predicted octanol–water partition coefficient (Wildman–Crippen LogP) is 2.98. The smallest absolute Gasteiger partial charge is 0.331 e. The molecule has 0 aliphatic rings. The molecule has 0 spiro atoms. The van der Waals surface area contributed by atoms with Gasteiger partial charge in [0.2, 0.25) is 0 Å². The van der Waals surface area contributed by atoms with Gasteiger partial charge in [-0.1, -0.05) is 6.07 Å². The molecule has 0 atom stereocenters. The zero-order valence-electron chi connectivity index (χ0n) is 12.2. The maximum Gasteiger partial charge on any atom is 0.331 e. The molecule has 5 nitrogen and oxygen atoms in total. The van der Waals surface area contributed by atoms with Gasteiger partial charge in [0, 0.05) is 16.8 Å². The van der Waals surface area contributed by atoms with Crippen LogP contribution in [0.4, 0.5) is 0 Å². The summed E-state index contributed by atoms with van der Waals surface area (Å²) in [6.45, 7) is 5.26. The van der Waals surface area contributed by atoms with Crippen LogP contribution in [0.3, 0.4) is 0 Å². The fourth-order valence-electron chi connectivity index (χ4n) is 1.49. The molecule has 7 heteroatoms. The summed E-state index contributed by atoms with van der Waals surface area (Å²) in [5, 5.41) is 0. The Labute approximate surface area is 128 Å². The van der Waals surface area contributed by atoms with Crippen molar-refractivity contribution in [3.05, 3.63) is 29.8 Å². The minimum absolute atomic E-state index is 0.138. The van der Waals surface area contributed by atoms with E-state index in [1.165, 1.54) is 31.4 Å². The third kappa shape index (κ3) is 5.77. The Morgan fingerprint density at radius 3 is 2.38 bits per heavy atom. The number of methoxy groups -OCH3 is 1. The number of hydrogen-bond acceptors (Lipinski definition) is 5. The standard InChI is InChI=1S/C14H17ClO5S/c1-14(2,3)20-13(16)8-6-10-5-7-11(19-4)12(9-10)21(15,17)18/h5-9H,1-4H3/b8-6+. The van der Waals surface area contributed by atoms with Crippen LogP contribution in [-0.4, -0.2) is 27.1 Å². The van der Waals surface area contributed by atoms with Crippen LogP contribution < -0.4 is 4.74 Å². The second-order valence-corrected chi connectivity index (χ2v) is 7.75. The topological polar surface area (TPSA) is 69.7 Å². The number of benzene rings is 1. The first kappa shape index (κ1) is 17.5. The van der Waals surface area contributed by atoms with Crippen LogP contribution in [0.2, 0.25) is 0 Å². The zero-order chi connectivity index (χ0) is 16.3. The van der Waals surface area contributed by atoms with Crippen LogP contribution in [0.25, 0.3) is 6.08 Å². The van der Waals surface area contributed by atoms with Crippen LogP contribution in [0.15, 0.2) is 29.2 Å². The van der Waals surface area contributed by atoms with E-state index in [0.29, 0.717) is 5.56 Å². The van der Waals surface area contributed by atoms with E-state index in [4.69, 9.17) is 20.2 Å². The van der Waals surface area contributed by atoms with E-state index in [2.05, 4.69) is 0 Å². The van der Waals surface area contributed by atoms with Crippen molar-refractivity contribution >= 4 is 31.8 Å².